The van der Waals surface area contributed by atoms with Gasteiger partial charge in [-0.3, -0.25) is 4.79 Å². The minimum Gasteiger partial charge on any atom is -0.481 e. The molecule has 0 aromatic heterocycles. The second-order valence-electron chi connectivity index (χ2n) is 1.84. The molecule has 0 aliphatic carbocycles. The molecule has 0 aliphatic heterocycles. The lowest BCUT2D eigenvalue weighted by atomic mass is 10.2. The molecule has 0 saturated carbocycles. The number of rotatable bonds is 5. The molecule has 11 heavy (non-hydrogen) atoms. The second kappa shape index (κ2) is 5.88. The molecule has 0 aliphatic rings. The lowest BCUT2D eigenvalue weighted by Crippen LogP contribution is -2.17. The van der Waals surface area contributed by atoms with Gasteiger partial charge in [0.05, 0.1) is 0 Å². The minimum atomic E-state index is -1.06. The van der Waals surface area contributed by atoms with Gasteiger partial charge in [-0.15, -0.1) is 0 Å². The highest BCUT2D eigenvalue weighted by atomic mass is 32.2. The molecule has 6 heteroatoms. The van der Waals surface area contributed by atoms with Crippen molar-refractivity contribution in [1.29, 1.82) is 0 Å². The van der Waals surface area contributed by atoms with Crippen molar-refractivity contribution in [2.24, 2.45) is 5.11 Å². The van der Waals surface area contributed by atoms with Gasteiger partial charge >= 0.3 is 5.97 Å². The van der Waals surface area contributed by atoms with Gasteiger partial charge in [0.2, 0.25) is 0 Å². The Bertz CT molecular complexity index is 177. The van der Waals surface area contributed by atoms with Crippen molar-refractivity contribution in [3.63, 3.8) is 0 Å². The normalized spacial score (nSPS) is 11.7. The molecule has 0 bridgehead atoms. The molecule has 0 rings (SSSR count). The number of nitrogens with zero attached hydrogens (tertiary/aromatic N) is 3. The molecule has 0 radical (unpaired) electrons. The van der Waals surface area contributed by atoms with E-state index in [-0.39, 0.29) is 0 Å². The van der Waals surface area contributed by atoms with Gasteiger partial charge in [0.25, 0.3) is 0 Å². The Morgan fingerprint density at radius 3 is 2.91 bits per heavy atom. The Labute approximate surface area is 68.4 Å². The van der Waals surface area contributed by atoms with Gasteiger partial charge < -0.3 is 5.11 Å². The molecule has 62 valence electrons. The summed E-state index contributed by atoms with van der Waals surface area (Å²) in [7, 11) is 0. The van der Waals surface area contributed by atoms with E-state index in [9.17, 15) is 4.79 Å². The third-order valence-corrected chi connectivity index (χ3v) is 1.72. The van der Waals surface area contributed by atoms with Gasteiger partial charge in [0.15, 0.2) is 0 Å². The SMILES string of the molecule is CSCC[C@@H](N=[N+]=[N-])C(=O)O. The number of hydrogen-bond donors (Lipinski definition) is 1. The molecule has 1 N–H and O–H groups in total. The molecule has 0 amide bonds. The topological polar surface area (TPSA) is 86.1 Å². The predicted molar refractivity (Wildman–Crippen MR) is 43.6 cm³/mol. The molecule has 0 heterocycles. The molecular formula is C5H9N3O2S. The summed E-state index contributed by atoms with van der Waals surface area (Å²) in [6.45, 7) is 0. The van der Waals surface area contributed by atoms with Crippen molar-refractivity contribution in [2.75, 3.05) is 12.0 Å². The van der Waals surface area contributed by atoms with Gasteiger partial charge in [-0.05, 0) is 24.0 Å². The van der Waals surface area contributed by atoms with Gasteiger partial charge in [0, 0.05) is 4.91 Å². The molecule has 1 atom stereocenters. The van der Waals surface area contributed by atoms with Crippen molar-refractivity contribution in [3.8, 4) is 0 Å². The van der Waals surface area contributed by atoms with E-state index in [1.165, 1.54) is 11.8 Å². The van der Waals surface area contributed by atoms with Crippen LogP contribution < -0.4 is 0 Å². The first-order valence-corrected chi connectivity index (χ1v) is 4.37. The zero-order valence-corrected chi connectivity index (χ0v) is 6.91. The first-order valence-electron chi connectivity index (χ1n) is 2.98. The number of hydrogen-bond acceptors (Lipinski definition) is 3. The van der Waals surface area contributed by atoms with Crippen molar-refractivity contribution in [2.45, 2.75) is 12.5 Å². The summed E-state index contributed by atoms with van der Waals surface area (Å²) in [6, 6.07) is -0.910. The maximum absolute atomic E-state index is 10.3. The fourth-order valence-electron chi connectivity index (χ4n) is 0.522. The Morgan fingerprint density at radius 1 is 1.91 bits per heavy atom. The third kappa shape index (κ3) is 4.52. The van der Waals surface area contributed by atoms with Crippen LogP contribution in [0, 0.1) is 0 Å². The molecule has 0 aromatic carbocycles. The highest BCUT2D eigenvalue weighted by Crippen LogP contribution is 2.04. The summed E-state index contributed by atoms with van der Waals surface area (Å²) in [5, 5.41) is 11.6. The summed E-state index contributed by atoms with van der Waals surface area (Å²) in [6.07, 6.45) is 2.26. The molecular weight excluding hydrogens is 166 g/mol. The van der Waals surface area contributed by atoms with Crippen LogP contribution in [0.2, 0.25) is 0 Å². The first-order chi connectivity index (χ1) is 5.22. The smallest absolute Gasteiger partial charge is 0.312 e. The van der Waals surface area contributed by atoms with E-state index in [2.05, 4.69) is 10.0 Å². The number of carboxylic acid groups (broad SMARTS) is 1. The molecule has 0 aromatic rings. The summed E-state index contributed by atoms with van der Waals surface area (Å²) in [5.41, 5.74) is 7.97. The average Bonchev–Trinajstić information content (AvgIpc) is 1.97. The van der Waals surface area contributed by atoms with Crippen LogP contribution in [0.25, 0.3) is 10.4 Å². The quantitative estimate of drug-likeness (QED) is 0.390. The van der Waals surface area contributed by atoms with Crippen LogP contribution >= 0.6 is 11.8 Å². The highest BCUT2D eigenvalue weighted by Gasteiger charge is 2.13. The van der Waals surface area contributed by atoms with E-state index in [1.807, 2.05) is 6.26 Å². The monoisotopic (exact) mass is 175 g/mol. The lowest BCUT2D eigenvalue weighted by Gasteiger charge is -2.02. The number of carboxylic acids is 1. The zero-order chi connectivity index (χ0) is 8.69. The van der Waals surface area contributed by atoms with E-state index < -0.39 is 12.0 Å². The Kier molecular flexibility index (Phi) is 5.42. The second-order valence-corrected chi connectivity index (χ2v) is 2.83. The third-order valence-electron chi connectivity index (χ3n) is 1.07. The number of azide groups is 1. The van der Waals surface area contributed by atoms with Crippen molar-refractivity contribution in [3.05, 3.63) is 10.4 Å². The molecule has 5 nitrogen and oxygen atoms in total. The van der Waals surface area contributed by atoms with Crippen molar-refractivity contribution in [1.82, 2.24) is 0 Å². The Morgan fingerprint density at radius 2 is 2.55 bits per heavy atom. The Hall–Kier alpha value is -0.870. The highest BCUT2D eigenvalue weighted by molar-refractivity contribution is 7.98. The fourth-order valence-corrected chi connectivity index (χ4v) is 0.981. The molecule has 0 saturated heterocycles. The van der Waals surface area contributed by atoms with E-state index in [0.717, 1.165) is 0 Å². The maximum Gasteiger partial charge on any atom is 0.312 e. The minimum absolute atomic E-state index is 0.389. The van der Waals surface area contributed by atoms with Gasteiger partial charge in [-0.1, -0.05) is 5.11 Å². The summed E-state index contributed by atoms with van der Waals surface area (Å²) < 4.78 is 0. The molecule has 0 spiro atoms. The summed E-state index contributed by atoms with van der Waals surface area (Å²) in [4.78, 5) is 12.8. The largest absolute Gasteiger partial charge is 0.481 e. The van der Waals surface area contributed by atoms with Crippen molar-refractivity contribution >= 4 is 17.7 Å². The number of carbonyl (C=O) groups is 1. The molecule has 0 fully saturated rings. The summed E-state index contributed by atoms with van der Waals surface area (Å²) in [5.74, 6) is -0.368. The van der Waals surface area contributed by atoms with Crippen molar-refractivity contribution < 1.29 is 9.90 Å². The van der Waals surface area contributed by atoms with Crippen LogP contribution in [0.3, 0.4) is 0 Å². The summed E-state index contributed by atoms with van der Waals surface area (Å²) >= 11 is 1.53. The zero-order valence-electron chi connectivity index (χ0n) is 6.10. The standard InChI is InChI=1S/C5H9N3O2S/c1-11-3-2-4(5(9)10)7-8-6/h4H,2-3H2,1H3,(H,9,10)/t4-/m1/s1. The van der Waals surface area contributed by atoms with Crippen LogP contribution in [0.15, 0.2) is 5.11 Å². The number of aliphatic carboxylic acids is 1. The van der Waals surface area contributed by atoms with E-state index in [4.69, 9.17) is 10.6 Å². The van der Waals surface area contributed by atoms with Gasteiger partial charge in [-0.2, -0.15) is 11.8 Å². The van der Waals surface area contributed by atoms with Crippen LogP contribution in [0.4, 0.5) is 0 Å². The van der Waals surface area contributed by atoms with E-state index in [1.54, 1.807) is 0 Å². The van der Waals surface area contributed by atoms with Gasteiger partial charge in [0.1, 0.15) is 6.04 Å². The van der Waals surface area contributed by atoms with Crippen LogP contribution in [-0.4, -0.2) is 29.1 Å². The van der Waals surface area contributed by atoms with E-state index >= 15 is 0 Å². The van der Waals surface area contributed by atoms with Gasteiger partial charge in [-0.25, -0.2) is 0 Å². The maximum atomic E-state index is 10.3. The Balaban J connectivity index is 3.89. The lowest BCUT2D eigenvalue weighted by molar-refractivity contribution is -0.138. The molecule has 0 unspecified atom stereocenters. The fraction of sp³-hybridized carbons (Fsp3) is 0.800. The van der Waals surface area contributed by atoms with E-state index in [0.29, 0.717) is 12.2 Å². The van der Waals surface area contributed by atoms with Crippen LogP contribution in [0.1, 0.15) is 6.42 Å². The first kappa shape index (κ1) is 10.1. The van der Waals surface area contributed by atoms with Crippen LogP contribution in [-0.2, 0) is 4.79 Å². The van der Waals surface area contributed by atoms with Crippen LogP contribution in [0.5, 0.6) is 0 Å². The number of thioether (sulfide) groups is 1. The predicted octanol–water partition coefficient (Wildman–Crippen LogP) is 1.50. The average molecular weight is 175 g/mol.